The third-order valence-corrected chi connectivity index (χ3v) is 6.27. The van der Waals surface area contributed by atoms with Gasteiger partial charge in [0.05, 0.1) is 17.5 Å². The summed E-state index contributed by atoms with van der Waals surface area (Å²) in [5.74, 6) is -0.347. The highest BCUT2D eigenvalue weighted by Crippen LogP contribution is 2.21. The first kappa shape index (κ1) is 20.4. The lowest BCUT2D eigenvalue weighted by Crippen LogP contribution is -2.39. The minimum absolute atomic E-state index is 0.100. The summed E-state index contributed by atoms with van der Waals surface area (Å²) in [6.07, 6.45) is 0.713. The van der Waals surface area contributed by atoms with Crippen molar-refractivity contribution in [1.29, 1.82) is 0 Å². The Bertz CT molecular complexity index is 867. The van der Waals surface area contributed by atoms with Crippen molar-refractivity contribution in [2.24, 2.45) is 0 Å². The van der Waals surface area contributed by atoms with Gasteiger partial charge in [0.2, 0.25) is 15.9 Å². The summed E-state index contributed by atoms with van der Waals surface area (Å²) in [6.45, 7) is 3.71. The standard InChI is InChI=1S/C19H23ClN2O3S/c1-4-18(17-8-6-5-7-14(17)2)21-19(23)13-22(3)26(24,25)16-11-9-15(20)10-12-16/h5-12,18H,4,13H2,1-3H3,(H,21,23)/t18-/m1/s1. The summed E-state index contributed by atoms with van der Waals surface area (Å²) in [4.78, 5) is 12.5. The van der Waals surface area contributed by atoms with Crippen LogP contribution < -0.4 is 5.32 Å². The third-order valence-electron chi connectivity index (χ3n) is 4.20. The van der Waals surface area contributed by atoms with Gasteiger partial charge in [-0.05, 0) is 48.7 Å². The van der Waals surface area contributed by atoms with E-state index in [1.54, 1.807) is 0 Å². The number of rotatable bonds is 7. The maximum atomic E-state index is 12.6. The topological polar surface area (TPSA) is 66.5 Å². The number of likely N-dealkylation sites (N-methyl/N-ethyl adjacent to an activating group) is 1. The van der Waals surface area contributed by atoms with Crippen LogP contribution in [0, 0.1) is 6.92 Å². The van der Waals surface area contributed by atoms with Crippen molar-refractivity contribution in [2.45, 2.75) is 31.2 Å². The van der Waals surface area contributed by atoms with Crippen molar-refractivity contribution in [3.63, 3.8) is 0 Å². The molecule has 1 amide bonds. The van der Waals surface area contributed by atoms with Crippen molar-refractivity contribution < 1.29 is 13.2 Å². The fourth-order valence-corrected chi connectivity index (χ4v) is 3.94. The predicted molar refractivity (Wildman–Crippen MR) is 104 cm³/mol. The third kappa shape index (κ3) is 4.84. The minimum atomic E-state index is -3.75. The average molecular weight is 395 g/mol. The van der Waals surface area contributed by atoms with E-state index in [0.29, 0.717) is 11.4 Å². The first-order valence-corrected chi connectivity index (χ1v) is 10.1. The molecule has 0 saturated carbocycles. The fraction of sp³-hybridized carbons (Fsp3) is 0.316. The molecule has 0 heterocycles. The largest absolute Gasteiger partial charge is 0.348 e. The molecule has 2 aromatic rings. The molecule has 0 aromatic heterocycles. The Morgan fingerprint density at radius 3 is 2.35 bits per heavy atom. The Balaban J connectivity index is 2.08. The van der Waals surface area contributed by atoms with E-state index in [1.165, 1.54) is 31.3 Å². The zero-order valence-electron chi connectivity index (χ0n) is 15.1. The summed E-state index contributed by atoms with van der Waals surface area (Å²) in [6, 6.07) is 13.5. The molecule has 0 fully saturated rings. The minimum Gasteiger partial charge on any atom is -0.348 e. The number of halogens is 1. The maximum Gasteiger partial charge on any atom is 0.243 e. The van der Waals surface area contributed by atoms with Crippen LogP contribution in [-0.2, 0) is 14.8 Å². The summed E-state index contributed by atoms with van der Waals surface area (Å²) in [7, 11) is -2.37. The van der Waals surface area contributed by atoms with Crippen LogP contribution >= 0.6 is 11.6 Å². The highest BCUT2D eigenvalue weighted by molar-refractivity contribution is 7.89. The molecule has 0 bridgehead atoms. The first-order valence-electron chi connectivity index (χ1n) is 8.32. The molecule has 0 saturated heterocycles. The molecule has 5 nitrogen and oxygen atoms in total. The van der Waals surface area contributed by atoms with Crippen LogP contribution in [0.1, 0.15) is 30.5 Å². The number of sulfonamides is 1. The quantitative estimate of drug-likeness (QED) is 0.781. The lowest BCUT2D eigenvalue weighted by molar-refractivity contribution is -0.121. The Morgan fingerprint density at radius 2 is 1.77 bits per heavy atom. The number of nitrogens with zero attached hydrogens (tertiary/aromatic N) is 1. The molecule has 0 radical (unpaired) electrons. The number of hydrogen-bond acceptors (Lipinski definition) is 3. The van der Waals surface area contributed by atoms with E-state index >= 15 is 0 Å². The molecule has 0 unspecified atom stereocenters. The summed E-state index contributed by atoms with van der Waals surface area (Å²) in [5.41, 5.74) is 2.12. The Morgan fingerprint density at radius 1 is 1.15 bits per heavy atom. The second-order valence-electron chi connectivity index (χ2n) is 6.10. The number of carbonyl (C=O) groups is 1. The van der Waals surface area contributed by atoms with Gasteiger partial charge in [-0.15, -0.1) is 0 Å². The van der Waals surface area contributed by atoms with Gasteiger partial charge in [-0.2, -0.15) is 4.31 Å². The summed E-state index contributed by atoms with van der Waals surface area (Å²) in [5, 5.41) is 3.37. The average Bonchev–Trinajstić information content (AvgIpc) is 2.60. The number of aryl methyl sites for hydroxylation is 1. The van der Waals surface area contributed by atoms with Gasteiger partial charge in [-0.3, -0.25) is 4.79 Å². The molecule has 140 valence electrons. The summed E-state index contributed by atoms with van der Waals surface area (Å²) < 4.78 is 26.2. The van der Waals surface area contributed by atoms with E-state index in [1.807, 2.05) is 38.1 Å². The number of carbonyl (C=O) groups excluding carboxylic acids is 1. The molecule has 0 aliphatic heterocycles. The SMILES string of the molecule is CC[C@@H](NC(=O)CN(C)S(=O)(=O)c1ccc(Cl)cc1)c1ccccc1C. The molecule has 2 rings (SSSR count). The van der Waals surface area contributed by atoms with Gasteiger partial charge in [0.1, 0.15) is 0 Å². The van der Waals surface area contributed by atoms with Crippen LogP contribution in [0.25, 0.3) is 0 Å². The zero-order chi connectivity index (χ0) is 19.3. The van der Waals surface area contributed by atoms with Gasteiger partial charge in [-0.1, -0.05) is 42.8 Å². The van der Waals surface area contributed by atoms with Crippen LogP contribution in [0.4, 0.5) is 0 Å². The normalized spacial score (nSPS) is 12.8. The highest BCUT2D eigenvalue weighted by atomic mass is 35.5. The van der Waals surface area contributed by atoms with E-state index in [9.17, 15) is 13.2 Å². The smallest absolute Gasteiger partial charge is 0.243 e. The van der Waals surface area contributed by atoms with Crippen molar-refractivity contribution in [1.82, 2.24) is 9.62 Å². The van der Waals surface area contributed by atoms with Crippen LogP contribution in [0.15, 0.2) is 53.4 Å². The first-order chi connectivity index (χ1) is 12.3. The van der Waals surface area contributed by atoms with Gasteiger partial charge in [0, 0.05) is 12.1 Å². The fourth-order valence-electron chi connectivity index (χ4n) is 2.69. The molecule has 2 aromatic carbocycles. The van der Waals surface area contributed by atoms with Crippen molar-refractivity contribution in [3.05, 3.63) is 64.7 Å². The lowest BCUT2D eigenvalue weighted by Gasteiger charge is -2.22. The molecular weight excluding hydrogens is 372 g/mol. The van der Waals surface area contributed by atoms with Gasteiger partial charge in [0.15, 0.2) is 0 Å². The number of amides is 1. The van der Waals surface area contributed by atoms with Crippen LogP contribution in [-0.4, -0.2) is 32.2 Å². The monoisotopic (exact) mass is 394 g/mol. The number of hydrogen-bond donors (Lipinski definition) is 1. The van der Waals surface area contributed by atoms with E-state index in [-0.39, 0.29) is 23.4 Å². The van der Waals surface area contributed by atoms with Gasteiger partial charge in [0.25, 0.3) is 0 Å². The van der Waals surface area contributed by atoms with Crippen molar-refractivity contribution in [3.8, 4) is 0 Å². The zero-order valence-corrected chi connectivity index (χ0v) is 16.6. The molecular formula is C19H23ClN2O3S. The van der Waals surface area contributed by atoms with Gasteiger partial charge < -0.3 is 5.32 Å². The molecule has 1 atom stereocenters. The summed E-state index contributed by atoms with van der Waals surface area (Å²) >= 11 is 5.80. The molecule has 0 aliphatic rings. The molecule has 0 aliphatic carbocycles. The predicted octanol–water partition coefficient (Wildman–Crippen LogP) is 3.54. The van der Waals surface area contributed by atoms with Crippen molar-refractivity contribution in [2.75, 3.05) is 13.6 Å². The van der Waals surface area contributed by atoms with E-state index in [4.69, 9.17) is 11.6 Å². The second kappa shape index (κ2) is 8.66. The highest BCUT2D eigenvalue weighted by Gasteiger charge is 2.24. The lowest BCUT2D eigenvalue weighted by atomic mass is 9.99. The van der Waals surface area contributed by atoms with E-state index < -0.39 is 10.0 Å². The van der Waals surface area contributed by atoms with Crippen molar-refractivity contribution >= 4 is 27.5 Å². The molecule has 0 spiro atoms. The Hall–Kier alpha value is -1.89. The Kier molecular flexibility index (Phi) is 6.81. The molecule has 26 heavy (non-hydrogen) atoms. The molecule has 7 heteroatoms. The molecule has 1 N–H and O–H groups in total. The van der Waals surface area contributed by atoms with Gasteiger partial charge >= 0.3 is 0 Å². The van der Waals surface area contributed by atoms with Crippen LogP contribution in [0.5, 0.6) is 0 Å². The second-order valence-corrected chi connectivity index (χ2v) is 8.58. The van der Waals surface area contributed by atoms with Crippen LogP contribution in [0.3, 0.4) is 0 Å². The number of benzene rings is 2. The van der Waals surface area contributed by atoms with Gasteiger partial charge in [-0.25, -0.2) is 8.42 Å². The number of nitrogens with one attached hydrogen (secondary N) is 1. The van der Waals surface area contributed by atoms with Crippen LogP contribution in [0.2, 0.25) is 5.02 Å². The Labute approximate surface area is 160 Å². The van der Waals surface area contributed by atoms with E-state index in [2.05, 4.69) is 5.32 Å². The maximum absolute atomic E-state index is 12.6. The van der Waals surface area contributed by atoms with E-state index in [0.717, 1.165) is 15.4 Å².